The number of carbonyl (C=O) groups is 5. The summed E-state index contributed by atoms with van der Waals surface area (Å²) in [6.07, 6.45) is 6.65. The van der Waals surface area contributed by atoms with Gasteiger partial charge in [-0.15, -0.1) is 10.9 Å². The van der Waals surface area contributed by atoms with Gasteiger partial charge in [0.15, 0.2) is 0 Å². The van der Waals surface area contributed by atoms with Crippen molar-refractivity contribution in [1.29, 1.82) is 0 Å². The highest BCUT2D eigenvalue weighted by molar-refractivity contribution is 7.89. The molecule has 0 radical (unpaired) electrons. The summed E-state index contributed by atoms with van der Waals surface area (Å²) >= 11 is -1.10. The highest BCUT2D eigenvalue weighted by atomic mass is 32.2. The number of Topliss-reactive ketones (excluding diaryl/α,β-unsaturated/α-hetero) is 1. The predicted octanol–water partition coefficient (Wildman–Crippen LogP) is 4.07. The Labute approximate surface area is 299 Å². The van der Waals surface area contributed by atoms with Crippen LogP contribution >= 0.6 is 0 Å². The van der Waals surface area contributed by atoms with Gasteiger partial charge in [-0.25, -0.2) is 4.79 Å². The van der Waals surface area contributed by atoms with Crippen LogP contribution in [0.15, 0.2) is 12.7 Å². The molecule has 1 aliphatic rings. The van der Waals surface area contributed by atoms with E-state index in [2.05, 4.69) is 34.8 Å². The van der Waals surface area contributed by atoms with Crippen molar-refractivity contribution in [2.75, 3.05) is 31.9 Å². The van der Waals surface area contributed by atoms with E-state index in [-0.39, 0.29) is 36.9 Å². The summed E-state index contributed by atoms with van der Waals surface area (Å²) < 4.78 is 14.6. The van der Waals surface area contributed by atoms with Gasteiger partial charge in [0.1, 0.15) is 17.8 Å². The molecule has 0 aromatic carbocycles. The largest absolute Gasteiger partial charge is 0.598 e. The molecule has 1 saturated heterocycles. The average Bonchev–Trinajstić information content (AvgIpc) is 3.02. The third kappa shape index (κ3) is 14.6. The van der Waals surface area contributed by atoms with Crippen LogP contribution in [-0.4, -0.2) is 99.4 Å². The number of rotatable bonds is 19. The lowest BCUT2D eigenvalue weighted by atomic mass is 9.84. The summed E-state index contributed by atoms with van der Waals surface area (Å²) in [4.78, 5) is 68.9. The Morgan fingerprint density at radius 1 is 0.939 bits per heavy atom. The standard InChI is InChI=1S/C36H66N6O6S/c1-12-18-26(15-4)23-42(25(5)31(44)38-27(19-13-2)29(43)32(45)37-20-14-3)33(46)30(36(9,10)11)40-34(47)39-28(35(6,7)8)24-41-21-16-17-22-49(41)48/h14,25-28,30H,3,12-13,15-24H2,1-2,4-11H3,(H,37,45)(H,38,44)(H2,39,40,47)/t25-,26+,27?,28+,30+,49?/m0/s1. The van der Waals surface area contributed by atoms with E-state index >= 15 is 0 Å². The normalized spacial score (nSPS) is 18.6. The van der Waals surface area contributed by atoms with E-state index in [4.69, 9.17) is 0 Å². The number of nitrogens with zero attached hydrogens (tertiary/aromatic N) is 2. The Hall–Kier alpha value is -2.64. The molecule has 0 spiro atoms. The zero-order chi connectivity index (χ0) is 37.5. The van der Waals surface area contributed by atoms with Crippen LogP contribution < -0.4 is 21.3 Å². The van der Waals surface area contributed by atoms with Crippen molar-refractivity contribution in [2.24, 2.45) is 16.7 Å². The van der Waals surface area contributed by atoms with Crippen LogP contribution in [0.5, 0.6) is 0 Å². The maximum Gasteiger partial charge on any atom is 0.315 e. The van der Waals surface area contributed by atoms with Crippen molar-refractivity contribution >= 4 is 40.9 Å². The highest BCUT2D eigenvalue weighted by Gasteiger charge is 2.41. The highest BCUT2D eigenvalue weighted by Crippen LogP contribution is 2.26. The first-order chi connectivity index (χ1) is 22.8. The molecule has 49 heavy (non-hydrogen) atoms. The van der Waals surface area contributed by atoms with Crippen molar-refractivity contribution in [3.8, 4) is 0 Å². The molecule has 0 aliphatic carbocycles. The van der Waals surface area contributed by atoms with Crippen molar-refractivity contribution < 1.29 is 28.5 Å². The number of hydrogen-bond acceptors (Lipinski definition) is 7. The second-order valence-corrected chi connectivity index (χ2v) is 17.0. The zero-order valence-corrected chi connectivity index (χ0v) is 32.7. The number of carbonyl (C=O) groups excluding carboxylic acids is 5. The summed E-state index contributed by atoms with van der Waals surface area (Å²) in [5, 5.41) is 11.2. The number of hydrogen-bond donors (Lipinski definition) is 4. The molecular weight excluding hydrogens is 644 g/mol. The van der Waals surface area contributed by atoms with Gasteiger partial charge >= 0.3 is 6.03 Å². The lowest BCUT2D eigenvalue weighted by Gasteiger charge is -2.40. The molecule has 0 aromatic rings. The molecule has 0 aromatic heterocycles. The quantitative estimate of drug-likeness (QED) is 0.0892. The van der Waals surface area contributed by atoms with Crippen LogP contribution in [0.25, 0.3) is 0 Å². The molecule has 6 atom stereocenters. The van der Waals surface area contributed by atoms with Crippen LogP contribution in [0.1, 0.15) is 114 Å². The van der Waals surface area contributed by atoms with E-state index in [1.165, 1.54) is 11.0 Å². The van der Waals surface area contributed by atoms with Crippen molar-refractivity contribution in [3.05, 3.63) is 12.7 Å². The first kappa shape index (κ1) is 44.4. The van der Waals surface area contributed by atoms with E-state index in [0.717, 1.165) is 32.1 Å². The molecular formula is C36H66N6O6S. The van der Waals surface area contributed by atoms with Crippen molar-refractivity contribution in [3.63, 3.8) is 0 Å². The summed E-state index contributed by atoms with van der Waals surface area (Å²) in [6.45, 7) is 24.3. The molecule has 282 valence electrons. The van der Waals surface area contributed by atoms with E-state index in [9.17, 15) is 28.5 Å². The monoisotopic (exact) mass is 710 g/mol. The molecule has 1 aliphatic heterocycles. The Balaban J connectivity index is 3.37. The first-order valence-electron chi connectivity index (χ1n) is 18.1. The molecule has 5 amide bonds. The van der Waals surface area contributed by atoms with Crippen molar-refractivity contribution in [1.82, 2.24) is 30.5 Å². The first-order valence-corrected chi connectivity index (χ1v) is 19.3. The molecule has 13 heteroatoms. The van der Waals surface area contributed by atoms with E-state index < -0.39 is 64.4 Å². The van der Waals surface area contributed by atoms with Crippen LogP contribution in [0, 0.1) is 16.7 Å². The fourth-order valence-corrected chi connectivity index (χ4v) is 7.11. The zero-order valence-electron chi connectivity index (χ0n) is 31.9. The third-order valence-corrected chi connectivity index (χ3v) is 10.6. The molecule has 4 N–H and O–H groups in total. The van der Waals surface area contributed by atoms with Crippen LogP contribution in [0.3, 0.4) is 0 Å². The van der Waals surface area contributed by atoms with Gasteiger partial charge in [0.05, 0.1) is 18.6 Å². The maximum atomic E-state index is 14.6. The average molecular weight is 711 g/mol. The number of nitrogens with one attached hydrogen (secondary N) is 4. The van der Waals surface area contributed by atoms with Gasteiger partial charge < -0.3 is 30.7 Å². The van der Waals surface area contributed by atoms with Gasteiger partial charge in [-0.2, -0.15) is 0 Å². The fraction of sp³-hybridized carbons (Fsp3) is 0.806. The topological polar surface area (TPSA) is 163 Å². The van der Waals surface area contributed by atoms with Gasteiger partial charge in [0.2, 0.25) is 17.6 Å². The summed E-state index contributed by atoms with van der Waals surface area (Å²) in [5.74, 6) is -1.82. The van der Waals surface area contributed by atoms with Gasteiger partial charge in [-0.05, 0) is 49.4 Å². The Morgan fingerprint density at radius 3 is 2.08 bits per heavy atom. The molecule has 0 bridgehead atoms. The maximum absolute atomic E-state index is 14.6. The van der Waals surface area contributed by atoms with Gasteiger partial charge in [-0.3, -0.25) is 19.2 Å². The smallest absolute Gasteiger partial charge is 0.315 e. The van der Waals surface area contributed by atoms with Gasteiger partial charge in [-0.1, -0.05) is 87.7 Å². The van der Waals surface area contributed by atoms with Crippen molar-refractivity contribution in [2.45, 2.75) is 138 Å². The SMILES string of the molecule is C=CCNC(=O)C(=O)C(CCC)NC(=O)[C@H](C)N(C[C@H](CC)CCC)C(=O)[C@@H](NC(=O)N[C@H](CN1CCCC[S+]1[O-])C(C)(C)C)C(C)(C)C. The Bertz CT molecular complexity index is 1110. The molecule has 1 rings (SSSR count). The number of amides is 5. The van der Waals surface area contributed by atoms with E-state index in [0.29, 0.717) is 25.3 Å². The fourth-order valence-electron chi connectivity index (χ4n) is 5.76. The van der Waals surface area contributed by atoms with E-state index in [1.807, 2.05) is 59.7 Å². The summed E-state index contributed by atoms with van der Waals surface area (Å²) in [7, 11) is 0. The minimum absolute atomic E-state index is 0.104. The van der Waals surface area contributed by atoms with Gasteiger partial charge in [0.25, 0.3) is 5.91 Å². The molecule has 2 unspecified atom stereocenters. The second kappa shape index (κ2) is 20.9. The predicted molar refractivity (Wildman–Crippen MR) is 197 cm³/mol. The van der Waals surface area contributed by atoms with Crippen LogP contribution in [0.2, 0.25) is 0 Å². The number of urea groups is 1. The van der Waals surface area contributed by atoms with Gasteiger partial charge in [0, 0.05) is 31.0 Å². The Morgan fingerprint density at radius 2 is 1.57 bits per heavy atom. The second-order valence-electron chi connectivity index (χ2n) is 15.4. The summed E-state index contributed by atoms with van der Waals surface area (Å²) in [5.41, 5.74) is -1.09. The molecule has 1 fully saturated rings. The van der Waals surface area contributed by atoms with Crippen LogP contribution in [0.4, 0.5) is 4.79 Å². The molecule has 1 heterocycles. The molecule has 0 saturated carbocycles. The molecule has 12 nitrogen and oxygen atoms in total. The third-order valence-electron chi connectivity index (χ3n) is 9.09. The lowest BCUT2D eigenvalue weighted by molar-refractivity contribution is -0.145. The number of ketones is 1. The minimum atomic E-state index is -1.10. The summed E-state index contributed by atoms with van der Waals surface area (Å²) in [6, 6.07) is -3.91. The Kier molecular flexibility index (Phi) is 18.9. The van der Waals surface area contributed by atoms with Crippen LogP contribution in [-0.2, 0) is 30.5 Å². The lowest BCUT2D eigenvalue weighted by Crippen LogP contribution is -2.63. The van der Waals surface area contributed by atoms with E-state index in [1.54, 1.807) is 6.92 Å². The minimum Gasteiger partial charge on any atom is -0.598 e.